The number of halogens is 1. The zero-order valence-electron chi connectivity index (χ0n) is 12.0. The second-order valence-electron chi connectivity index (χ2n) is 4.33. The van der Waals surface area contributed by atoms with Crippen LogP contribution in [-0.2, 0) is 16.6 Å². The van der Waals surface area contributed by atoms with E-state index in [-0.39, 0.29) is 17.2 Å². The lowest BCUT2D eigenvalue weighted by atomic mass is 10.3. The number of hydrogen-bond acceptors (Lipinski definition) is 5. The molecule has 0 saturated carbocycles. The summed E-state index contributed by atoms with van der Waals surface area (Å²) in [5.74, 6) is 0.664. The van der Waals surface area contributed by atoms with Gasteiger partial charge in [-0.05, 0) is 23.8 Å². The Labute approximate surface area is 134 Å². The van der Waals surface area contributed by atoms with Gasteiger partial charge in [-0.2, -0.15) is 0 Å². The molecular weight excluding hydrogens is 328 g/mol. The minimum Gasteiger partial charge on any atom is -0.497 e. The van der Waals surface area contributed by atoms with Crippen LogP contribution in [0.3, 0.4) is 0 Å². The van der Waals surface area contributed by atoms with Crippen molar-refractivity contribution < 1.29 is 17.9 Å². The van der Waals surface area contributed by atoms with Crippen molar-refractivity contribution in [2.24, 2.45) is 0 Å². The number of nitrogens with zero attached hydrogens (tertiary/aromatic N) is 1. The van der Waals surface area contributed by atoms with E-state index in [0.717, 1.165) is 0 Å². The van der Waals surface area contributed by atoms with E-state index in [0.29, 0.717) is 16.5 Å². The maximum absolute atomic E-state index is 12.4. The SMILES string of the molecule is COc1ccc(OC)c(S(=O)(=O)NCc2ccc(Cl)nc2)c1. The first-order valence-electron chi connectivity index (χ1n) is 6.28. The van der Waals surface area contributed by atoms with Crippen molar-refractivity contribution >= 4 is 21.6 Å². The quantitative estimate of drug-likeness (QED) is 0.814. The molecule has 2 aromatic rings. The minimum absolute atomic E-state index is 0.0104. The molecule has 22 heavy (non-hydrogen) atoms. The molecule has 0 atom stereocenters. The third-order valence-electron chi connectivity index (χ3n) is 2.92. The van der Waals surface area contributed by atoms with Crippen LogP contribution in [0, 0.1) is 0 Å². The summed E-state index contributed by atoms with van der Waals surface area (Å²) in [6, 6.07) is 7.86. The Morgan fingerprint density at radius 2 is 1.95 bits per heavy atom. The Morgan fingerprint density at radius 1 is 1.18 bits per heavy atom. The molecule has 1 aromatic carbocycles. The highest BCUT2D eigenvalue weighted by molar-refractivity contribution is 7.89. The first kappa shape index (κ1) is 16.5. The Balaban J connectivity index is 2.24. The fourth-order valence-electron chi connectivity index (χ4n) is 1.76. The fourth-order valence-corrected chi connectivity index (χ4v) is 3.07. The van der Waals surface area contributed by atoms with E-state index in [9.17, 15) is 8.42 Å². The lowest BCUT2D eigenvalue weighted by Gasteiger charge is -2.12. The van der Waals surface area contributed by atoms with E-state index in [1.54, 1.807) is 18.2 Å². The van der Waals surface area contributed by atoms with Crippen molar-refractivity contribution in [1.29, 1.82) is 0 Å². The molecule has 0 aliphatic rings. The molecule has 1 N–H and O–H groups in total. The van der Waals surface area contributed by atoms with Crippen LogP contribution in [0.25, 0.3) is 0 Å². The summed E-state index contributed by atoms with van der Waals surface area (Å²) < 4.78 is 37.5. The summed E-state index contributed by atoms with van der Waals surface area (Å²) in [6.07, 6.45) is 1.51. The maximum atomic E-state index is 12.4. The van der Waals surface area contributed by atoms with Gasteiger partial charge in [-0.1, -0.05) is 17.7 Å². The number of sulfonamides is 1. The predicted octanol–water partition coefficient (Wildman–Crippen LogP) is 2.23. The van der Waals surface area contributed by atoms with Gasteiger partial charge < -0.3 is 9.47 Å². The molecule has 0 aliphatic carbocycles. The number of ether oxygens (including phenoxy) is 2. The molecule has 1 heterocycles. The summed E-state index contributed by atoms with van der Waals surface area (Å²) in [7, 11) is -0.890. The molecule has 0 fully saturated rings. The van der Waals surface area contributed by atoms with Gasteiger partial charge in [0.15, 0.2) is 0 Å². The topological polar surface area (TPSA) is 77.5 Å². The van der Waals surface area contributed by atoms with Gasteiger partial charge in [-0.15, -0.1) is 0 Å². The largest absolute Gasteiger partial charge is 0.497 e. The Bertz CT molecular complexity index is 748. The van der Waals surface area contributed by atoms with Crippen molar-refractivity contribution in [1.82, 2.24) is 9.71 Å². The molecule has 0 bridgehead atoms. The van der Waals surface area contributed by atoms with Gasteiger partial charge in [-0.25, -0.2) is 18.1 Å². The molecule has 0 saturated heterocycles. The summed E-state index contributed by atoms with van der Waals surface area (Å²) >= 11 is 5.69. The van der Waals surface area contributed by atoms with Crippen LogP contribution >= 0.6 is 11.6 Å². The lowest BCUT2D eigenvalue weighted by molar-refractivity contribution is 0.392. The third-order valence-corrected chi connectivity index (χ3v) is 4.56. The predicted molar refractivity (Wildman–Crippen MR) is 82.8 cm³/mol. The molecule has 0 unspecified atom stereocenters. The van der Waals surface area contributed by atoms with Gasteiger partial charge in [0, 0.05) is 18.8 Å². The van der Waals surface area contributed by atoms with Crippen molar-refractivity contribution in [3.05, 3.63) is 47.2 Å². The first-order chi connectivity index (χ1) is 10.5. The second kappa shape index (κ2) is 6.95. The Hall–Kier alpha value is -1.83. The van der Waals surface area contributed by atoms with Gasteiger partial charge in [-0.3, -0.25) is 0 Å². The Morgan fingerprint density at radius 3 is 2.55 bits per heavy atom. The van der Waals surface area contributed by atoms with Crippen LogP contribution in [0.15, 0.2) is 41.4 Å². The zero-order chi connectivity index (χ0) is 16.2. The second-order valence-corrected chi connectivity index (χ2v) is 6.45. The molecule has 0 spiro atoms. The maximum Gasteiger partial charge on any atom is 0.244 e. The molecule has 6 nitrogen and oxygen atoms in total. The molecular formula is C14H15ClN2O4S. The van der Waals surface area contributed by atoms with Crippen molar-refractivity contribution in [2.45, 2.75) is 11.4 Å². The summed E-state index contributed by atoms with van der Waals surface area (Å²) in [6.45, 7) is 0.0901. The lowest BCUT2D eigenvalue weighted by Crippen LogP contribution is -2.23. The van der Waals surface area contributed by atoms with Gasteiger partial charge in [0.05, 0.1) is 14.2 Å². The van der Waals surface area contributed by atoms with E-state index in [1.807, 2.05) is 0 Å². The molecule has 0 amide bonds. The van der Waals surface area contributed by atoms with E-state index >= 15 is 0 Å². The fraction of sp³-hybridized carbons (Fsp3) is 0.214. The standard InChI is InChI=1S/C14H15ClN2O4S/c1-20-11-4-5-12(21-2)13(7-11)22(18,19)17-9-10-3-6-14(15)16-8-10/h3-8,17H,9H2,1-2H3. The van der Waals surface area contributed by atoms with Gasteiger partial charge in [0.25, 0.3) is 0 Å². The number of rotatable bonds is 6. The summed E-state index contributed by atoms with van der Waals surface area (Å²) in [4.78, 5) is 3.91. The molecule has 0 aliphatic heterocycles. The summed E-state index contributed by atoms with van der Waals surface area (Å²) in [5.41, 5.74) is 0.690. The monoisotopic (exact) mass is 342 g/mol. The smallest absolute Gasteiger partial charge is 0.244 e. The number of nitrogens with one attached hydrogen (secondary N) is 1. The third kappa shape index (κ3) is 3.88. The average Bonchev–Trinajstić information content (AvgIpc) is 2.53. The Kier molecular flexibility index (Phi) is 5.23. The van der Waals surface area contributed by atoms with Gasteiger partial charge >= 0.3 is 0 Å². The minimum atomic E-state index is -3.76. The molecule has 0 radical (unpaired) electrons. The van der Waals surface area contributed by atoms with Crippen LogP contribution in [0.5, 0.6) is 11.5 Å². The highest BCUT2D eigenvalue weighted by Gasteiger charge is 2.20. The summed E-state index contributed by atoms with van der Waals surface area (Å²) in [5, 5.41) is 0.348. The molecule has 8 heteroatoms. The number of methoxy groups -OCH3 is 2. The molecule has 2 rings (SSSR count). The van der Waals surface area contributed by atoms with Gasteiger partial charge in [0.1, 0.15) is 21.5 Å². The van der Waals surface area contributed by atoms with Crippen LogP contribution in [0.1, 0.15) is 5.56 Å². The molecule has 118 valence electrons. The number of benzene rings is 1. The van der Waals surface area contributed by atoms with E-state index < -0.39 is 10.0 Å². The van der Waals surface area contributed by atoms with Crippen LogP contribution in [-0.4, -0.2) is 27.6 Å². The normalized spacial score (nSPS) is 11.2. The average molecular weight is 343 g/mol. The first-order valence-corrected chi connectivity index (χ1v) is 8.14. The number of hydrogen-bond donors (Lipinski definition) is 1. The van der Waals surface area contributed by atoms with E-state index in [4.69, 9.17) is 21.1 Å². The number of aromatic nitrogens is 1. The zero-order valence-corrected chi connectivity index (χ0v) is 13.6. The number of pyridine rings is 1. The molecule has 1 aromatic heterocycles. The van der Waals surface area contributed by atoms with Crippen molar-refractivity contribution in [3.63, 3.8) is 0 Å². The van der Waals surface area contributed by atoms with Crippen LogP contribution in [0.2, 0.25) is 5.15 Å². The van der Waals surface area contributed by atoms with Crippen molar-refractivity contribution in [2.75, 3.05) is 14.2 Å². The highest BCUT2D eigenvalue weighted by atomic mass is 35.5. The van der Waals surface area contributed by atoms with Crippen molar-refractivity contribution in [3.8, 4) is 11.5 Å². The van der Waals surface area contributed by atoms with E-state index in [2.05, 4.69) is 9.71 Å². The van der Waals surface area contributed by atoms with Crippen LogP contribution in [0.4, 0.5) is 0 Å². The van der Waals surface area contributed by atoms with E-state index in [1.165, 1.54) is 32.5 Å². The van der Waals surface area contributed by atoms with Crippen LogP contribution < -0.4 is 14.2 Å². The highest BCUT2D eigenvalue weighted by Crippen LogP contribution is 2.28. The van der Waals surface area contributed by atoms with Gasteiger partial charge in [0.2, 0.25) is 10.0 Å².